The van der Waals surface area contributed by atoms with Gasteiger partial charge in [0, 0.05) is 5.57 Å². The molecule has 12 unspecified atom stereocenters. The first-order chi connectivity index (χ1) is 21.6. The zero-order valence-electron chi connectivity index (χ0n) is 26.9. The molecule has 2 saturated heterocycles. The van der Waals surface area contributed by atoms with E-state index in [9.17, 15) is 45.6 Å². The number of allylic oxidation sites excluding steroid dienone is 3. The molecule has 0 aromatic heterocycles. The molecule has 46 heavy (non-hydrogen) atoms. The average molecular weight is 661 g/mol. The number of aliphatic hydroxyl groups excluding tert-OH is 8. The van der Waals surface area contributed by atoms with Crippen LogP contribution in [-0.2, 0) is 23.7 Å². The van der Waals surface area contributed by atoms with E-state index in [1.54, 1.807) is 6.92 Å². The van der Waals surface area contributed by atoms with Crippen LogP contribution < -0.4 is 0 Å². The first kappa shape index (κ1) is 40.1. The van der Waals surface area contributed by atoms with E-state index in [4.69, 9.17) is 24.1 Å². The van der Waals surface area contributed by atoms with Crippen molar-refractivity contribution in [2.45, 2.75) is 133 Å². The molecule has 0 amide bonds. The molecule has 0 aromatic rings. The van der Waals surface area contributed by atoms with Gasteiger partial charge in [0.15, 0.2) is 12.6 Å². The molecule has 0 saturated carbocycles. The molecule has 2 fully saturated rings. The van der Waals surface area contributed by atoms with Crippen molar-refractivity contribution in [3.63, 3.8) is 0 Å². The molecule has 0 aromatic carbocycles. The predicted octanol–water partition coefficient (Wildman–Crippen LogP) is -0.193. The minimum absolute atomic E-state index is 0.0865. The van der Waals surface area contributed by atoms with Gasteiger partial charge < -0.3 is 64.9 Å². The lowest BCUT2D eigenvalue weighted by Gasteiger charge is -2.47. The van der Waals surface area contributed by atoms with Gasteiger partial charge in [-0.1, -0.05) is 29.4 Å². The molecule has 2 aliphatic rings. The number of carboxylic acid groups (broad SMARTS) is 1. The van der Waals surface area contributed by atoms with Gasteiger partial charge >= 0.3 is 5.97 Å². The molecular weight excluding hydrogens is 608 g/mol. The Morgan fingerprint density at radius 1 is 0.870 bits per heavy atom. The summed E-state index contributed by atoms with van der Waals surface area (Å²) in [5.41, 5.74) is 1.05. The summed E-state index contributed by atoms with van der Waals surface area (Å²) in [6.45, 7) is 9.51. The molecule has 0 radical (unpaired) electrons. The van der Waals surface area contributed by atoms with Crippen LogP contribution in [0.15, 0.2) is 47.6 Å². The third-order valence-corrected chi connectivity index (χ3v) is 8.26. The number of carbonyl (C=O) groups is 1. The van der Waals surface area contributed by atoms with Crippen LogP contribution in [-0.4, -0.2) is 138 Å². The highest BCUT2D eigenvalue weighted by Crippen LogP contribution is 2.33. The van der Waals surface area contributed by atoms with Gasteiger partial charge in [-0.25, -0.2) is 4.79 Å². The molecule has 2 rings (SSSR count). The molecule has 0 bridgehead atoms. The smallest absolute Gasteiger partial charge is 0.331 e. The van der Waals surface area contributed by atoms with Crippen LogP contribution in [0.4, 0.5) is 0 Å². The van der Waals surface area contributed by atoms with E-state index in [0.29, 0.717) is 25.7 Å². The van der Waals surface area contributed by atoms with Crippen LogP contribution in [0, 0.1) is 0 Å². The summed E-state index contributed by atoms with van der Waals surface area (Å²) < 4.78 is 23.1. The zero-order valence-corrected chi connectivity index (χ0v) is 26.9. The summed E-state index contributed by atoms with van der Waals surface area (Å²) in [6, 6.07) is 0. The van der Waals surface area contributed by atoms with E-state index in [-0.39, 0.29) is 5.57 Å². The van der Waals surface area contributed by atoms with Crippen LogP contribution in [0.3, 0.4) is 0 Å². The monoisotopic (exact) mass is 660 g/mol. The Labute approximate surface area is 269 Å². The van der Waals surface area contributed by atoms with E-state index in [1.807, 2.05) is 26.0 Å². The fourth-order valence-electron chi connectivity index (χ4n) is 5.19. The van der Waals surface area contributed by atoms with Crippen molar-refractivity contribution in [3.05, 3.63) is 47.6 Å². The number of aliphatic carboxylic acids is 1. The third-order valence-electron chi connectivity index (χ3n) is 8.26. The largest absolute Gasteiger partial charge is 0.478 e. The minimum atomic E-state index is -1.78. The fraction of sp³-hybridized carbons (Fsp3) is 0.719. The summed E-state index contributed by atoms with van der Waals surface area (Å²) in [7, 11) is 0. The highest BCUT2D eigenvalue weighted by molar-refractivity contribution is 5.85. The van der Waals surface area contributed by atoms with Crippen LogP contribution in [0.5, 0.6) is 0 Å². The lowest BCUT2D eigenvalue weighted by atomic mass is 9.95. The molecule has 9 N–H and O–H groups in total. The van der Waals surface area contributed by atoms with E-state index >= 15 is 0 Å². The van der Waals surface area contributed by atoms with Crippen molar-refractivity contribution in [1.29, 1.82) is 0 Å². The van der Waals surface area contributed by atoms with Crippen molar-refractivity contribution in [2.75, 3.05) is 13.2 Å². The van der Waals surface area contributed by atoms with Crippen molar-refractivity contribution in [2.24, 2.45) is 0 Å². The van der Waals surface area contributed by atoms with Gasteiger partial charge in [0.25, 0.3) is 0 Å². The van der Waals surface area contributed by atoms with Gasteiger partial charge in [-0.3, -0.25) is 0 Å². The quantitative estimate of drug-likeness (QED) is 0.0727. The molecule has 0 spiro atoms. The number of ether oxygens (including phenoxy) is 4. The molecule has 12 atom stereocenters. The topological polar surface area (TPSA) is 236 Å². The van der Waals surface area contributed by atoms with E-state index in [2.05, 4.69) is 6.58 Å². The summed E-state index contributed by atoms with van der Waals surface area (Å²) in [4.78, 5) is 10.9. The summed E-state index contributed by atoms with van der Waals surface area (Å²) in [5.74, 6) is -1.07. The van der Waals surface area contributed by atoms with Crippen molar-refractivity contribution in [3.8, 4) is 0 Å². The Balaban J connectivity index is 2.06. The van der Waals surface area contributed by atoms with Crippen molar-refractivity contribution >= 4 is 5.97 Å². The Bertz CT molecular complexity index is 1070. The van der Waals surface area contributed by atoms with Crippen LogP contribution >= 0.6 is 0 Å². The second kappa shape index (κ2) is 18.5. The maximum atomic E-state index is 10.9. The Morgan fingerprint density at radius 2 is 1.43 bits per heavy atom. The van der Waals surface area contributed by atoms with Gasteiger partial charge in [-0.05, 0) is 65.9 Å². The summed E-state index contributed by atoms with van der Waals surface area (Å²) in [5, 5.41) is 90.3. The second-order valence-electron chi connectivity index (χ2n) is 12.2. The average Bonchev–Trinajstić information content (AvgIpc) is 3.00. The van der Waals surface area contributed by atoms with Crippen LogP contribution in [0.25, 0.3) is 0 Å². The van der Waals surface area contributed by atoms with Gasteiger partial charge in [-0.15, -0.1) is 6.58 Å². The Hall–Kier alpha value is -2.05. The van der Waals surface area contributed by atoms with Crippen molar-refractivity contribution in [1.82, 2.24) is 0 Å². The van der Waals surface area contributed by atoms with E-state index < -0.39 is 92.3 Å². The summed E-state index contributed by atoms with van der Waals surface area (Å²) in [6.07, 6.45) is -6.76. The first-order valence-electron chi connectivity index (χ1n) is 15.4. The number of hydrogen-bond donors (Lipinski definition) is 9. The van der Waals surface area contributed by atoms with Gasteiger partial charge in [0.1, 0.15) is 48.8 Å². The third kappa shape index (κ3) is 11.3. The molecule has 264 valence electrons. The molecule has 14 nitrogen and oxygen atoms in total. The Kier molecular flexibility index (Phi) is 16.1. The maximum absolute atomic E-state index is 10.9. The summed E-state index contributed by atoms with van der Waals surface area (Å²) >= 11 is 0. The molecule has 2 aliphatic heterocycles. The highest BCUT2D eigenvalue weighted by atomic mass is 16.8. The van der Waals surface area contributed by atoms with Crippen molar-refractivity contribution < 1.29 is 69.7 Å². The predicted molar refractivity (Wildman–Crippen MR) is 164 cm³/mol. The minimum Gasteiger partial charge on any atom is -0.478 e. The fourth-order valence-corrected chi connectivity index (χ4v) is 5.19. The van der Waals surface area contributed by atoms with E-state index in [1.165, 1.54) is 19.1 Å². The number of aliphatic hydroxyl groups is 8. The SMILES string of the molecule is C=CC(C)(CCC=C(C)CCC=C(C)CC(O)C=C(C)C(=O)O)OC1OC(CO)C(O)C(O)C1OC1OC(CO)C(O)C(O)C1O. The van der Waals surface area contributed by atoms with E-state index in [0.717, 1.165) is 17.6 Å². The first-order valence-corrected chi connectivity index (χ1v) is 15.4. The standard InChI is InChI=1S/C32H52O14/c1-6-32(5,12-8-11-17(2)9-7-10-18(3)13-20(35)14-19(4)29(41)42)46-31-28(26(39)24(37)22(16-34)44-31)45-30-27(40)25(38)23(36)21(15-33)43-30/h6,10-11,14,20-28,30-31,33-40H,1,7-9,12-13,15-16H2,2-5H3,(H,41,42). The van der Waals surface area contributed by atoms with Crippen LogP contribution in [0.1, 0.15) is 59.8 Å². The second-order valence-corrected chi connectivity index (χ2v) is 12.2. The molecule has 0 aliphatic carbocycles. The lowest BCUT2D eigenvalue weighted by molar-refractivity contribution is -0.375. The molecule has 14 heteroatoms. The number of hydrogen-bond acceptors (Lipinski definition) is 13. The Morgan fingerprint density at radius 3 is 2.00 bits per heavy atom. The normalized spacial score (nSPS) is 35.0. The molecule has 2 heterocycles. The zero-order chi connectivity index (χ0) is 34.8. The highest BCUT2D eigenvalue weighted by Gasteiger charge is 2.51. The van der Waals surface area contributed by atoms with Gasteiger partial charge in [0.2, 0.25) is 0 Å². The van der Waals surface area contributed by atoms with Gasteiger partial charge in [-0.2, -0.15) is 0 Å². The lowest BCUT2D eigenvalue weighted by Crippen LogP contribution is -2.65. The molecular formula is C32H52O14. The van der Waals surface area contributed by atoms with Crippen LogP contribution in [0.2, 0.25) is 0 Å². The maximum Gasteiger partial charge on any atom is 0.331 e. The number of rotatable bonds is 17. The van der Waals surface area contributed by atoms with Gasteiger partial charge in [0.05, 0.1) is 24.9 Å². The number of carboxylic acids is 1.